The summed E-state index contributed by atoms with van der Waals surface area (Å²) in [7, 11) is 0. The molecule has 2 heterocycles. The van der Waals surface area contributed by atoms with Gasteiger partial charge in [0.05, 0.1) is 23.6 Å². The maximum Gasteiger partial charge on any atom is 0.416 e. The van der Waals surface area contributed by atoms with E-state index in [1.807, 2.05) is 0 Å². The zero-order valence-corrected chi connectivity index (χ0v) is 13.7. The van der Waals surface area contributed by atoms with Crippen LogP contribution in [0.4, 0.5) is 13.2 Å². The zero-order chi connectivity index (χ0) is 18.4. The van der Waals surface area contributed by atoms with Crippen LogP contribution in [0.2, 0.25) is 0 Å². The Morgan fingerprint density at radius 3 is 2.40 bits per heavy atom. The summed E-state index contributed by atoms with van der Waals surface area (Å²) in [5.74, 6) is -0.866. The van der Waals surface area contributed by atoms with Gasteiger partial charge in [0.1, 0.15) is 0 Å². The molecule has 0 bridgehead atoms. The van der Waals surface area contributed by atoms with Gasteiger partial charge in [0.2, 0.25) is 11.8 Å². The number of aliphatic hydroxyl groups is 1. The quantitative estimate of drug-likeness (QED) is 0.879. The Hall–Kier alpha value is -2.09. The first-order valence-corrected chi connectivity index (χ1v) is 8.08. The number of β-amino-alcohol motifs (C(OH)–C–C–N with tert-alkyl or cyclic N) is 1. The van der Waals surface area contributed by atoms with Crippen LogP contribution in [0.25, 0.3) is 0 Å². The maximum absolute atomic E-state index is 13.3. The molecule has 2 atom stereocenters. The van der Waals surface area contributed by atoms with Gasteiger partial charge in [-0.3, -0.25) is 9.59 Å². The molecule has 0 radical (unpaired) electrons. The molecule has 0 spiro atoms. The van der Waals surface area contributed by atoms with Crippen LogP contribution in [0, 0.1) is 5.92 Å². The molecule has 0 aliphatic carbocycles. The van der Waals surface area contributed by atoms with E-state index in [9.17, 15) is 27.9 Å². The lowest BCUT2D eigenvalue weighted by atomic mass is 9.94. The van der Waals surface area contributed by atoms with Crippen molar-refractivity contribution in [3.8, 4) is 0 Å². The summed E-state index contributed by atoms with van der Waals surface area (Å²) in [6, 6.07) is 4.34. The molecule has 2 aliphatic heterocycles. The third-order valence-corrected chi connectivity index (χ3v) is 4.86. The molecule has 1 aromatic rings. The normalized spacial score (nSPS) is 24.4. The predicted octanol–water partition coefficient (Wildman–Crippen LogP) is 1.82. The molecule has 1 N–H and O–H groups in total. The molecule has 1 aromatic carbocycles. The van der Waals surface area contributed by atoms with Gasteiger partial charge in [-0.05, 0) is 18.1 Å². The fourth-order valence-electron chi connectivity index (χ4n) is 3.52. The SMILES string of the molecule is CC(=O)N1CC(C(=O)N2C[C@@H](O)C[C@H]2c2ccccc2C(F)(F)F)C1. The standard InChI is InChI=1S/C17H19F3N2O3/c1-10(23)21-7-11(8-21)16(25)22-9-12(24)6-15(22)13-4-2-3-5-14(13)17(18,19)20/h2-5,11-12,15,24H,6-9H2,1H3/t12-,15-/m0/s1. The van der Waals surface area contributed by atoms with E-state index in [1.54, 1.807) is 0 Å². The molecule has 8 heteroatoms. The summed E-state index contributed by atoms with van der Waals surface area (Å²) < 4.78 is 39.9. The van der Waals surface area contributed by atoms with Crippen LogP contribution < -0.4 is 0 Å². The van der Waals surface area contributed by atoms with E-state index in [1.165, 1.54) is 34.9 Å². The lowest BCUT2D eigenvalue weighted by molar-refractivity contribution is -0.149. The van der Waals surface area contributed by atoms with E-state index in [-0.39, 0.29) is 43.4 Å². The number of rotatable bonds is 2. The van der Waals surface area contributed by atoms with Crippen LogP contribution in [0.3, 0.4) is 0 Å². The van der Waals surface area contributed by atoms with E-state index in [4.69, 9.17) is 0 Å². The summed E-state index contributed by atoms with van der Waals surface area (Å²) in [5, 5.41) is 9.95. The number of amides is 2. The van der Waals surface area contributed by atoms with E-state index in [0.29, 0.717) is 0 Å². The van der Waals surface area contributed by atoms with Gasteiger partial charge in [-0.25, -0.2) is 0 Å². The lowest BCUT2D eigenvalue weighted by Crippen LogP contribution is -2.55. The van der Waals surface area contributed by atoms with Crippen LogP contribution in [-0.4, -0.2) is 52.5 Å². The smallest absolute Gasteiger partial charge is 0.391 e. The molecule has 0 unspecified atom stereocenters. The second kappa shape index (κ2) is 6.33. The molecule has 2 amide bonds. The van der Waals surface area contributed by atoms with Gasteiger partial charge in [-0.2, -0.15) is 13.2 Å². The highest BCUT2D eigenvalue weighted by Crippen LogP contribution is 2.41. The van der Waals surface area contributed by atoms with Crippen molar-refractivity contribution in [2.75, 3.05) is 19.6 Å². The number of halogens is 3. The van der Waals surface area contributed by atoms with E-state index < -0.39 is 29.8 Å². The Labute approximate surface area is 143 Å². The van der Waals surface area contributed by atoms with Crippen molar-refractivity contribution in [2.24, 2.45) is 5.92 Å². The minimum atomic E-state index is -4.53. The minimum Gasteiger partial charge on any atom is -0.391 e. The summed E-state index contributed by atoms with van der Waals surface area (Å²) in [6.45, 7) is 1.96. The van der Waals surface area contributed by atoms with Gasteiger partial charge in [-0.15, -0.1) is 0 Å². The topological polar surface area (TPSA) is 60.9 Å². The summed E-state index contributed by atoms with van der Waals surface area (Å²) in [6.07, 6.45) is -5.32. The van der Waals surface area contributed by atoms with Crippen LogP contribution in [-0.2, 0) is 15.8 Å². The fraction of sp³-hybridized carbons (Fsp3) is 0.529. The highest BCUT2D eigenvalue weighted by atomic mass is 19.4. The molecule has 2 aliphatic rings. The highest BCUT2D eigenvalue weighted by molar-refractivity contribution is 5.84. The number of hydrogen-bond donors (Lipinski definition) is 1. The Kier molecular flexibility index (Phi) is 4.49. The number of nitrogens with zero attached hydrogens (tertiary/aromatic N) is 2. The first kappa shape index (κ1) is 17.7. The van der Waals surface area contributed by atoms with Crippen molar-refractivity contribution in [3.63, 3.8) is 0 Å². The molecule has 5 nitrogen and oxygen atoms in total. The second-order valence-corrected chi connectivity index (χ2v) is 6.60. The molecule has 0 aromatic heterocycles. The van der Waals surface area contributed by atoms with Crippen LogP contribution in [0.5, 0.6) is 0 Å². The molecule has 136 valence electrons. The Balaban J connectivity index is 1.84. The molecular weight excluding hydrogens is 337 g/mol. The van der Waals surface area contributed by atoms with Gasteiger partial charge < -0.3 is 14.9 Å². The van der Waals surface area contributed by atoms with E-state index >= 15 is 0 Å². The predicted molar refractivity (Wildman–Crippen MR) is 82.3 cm³/mol. The number of benzene rings is 1. The van der Waals surface area contributed by atoms with Gasteiger partial charge >= 0.3 is 6.18 Å². The van der Waals surface area contributed by atoms with Gasteiger partial charge in [0.15, 0.2) is 0 Å². The third kappa shape index (κ3) is 3.35. The average Bonchev–Trinajstić information content (AvgIpc) is 2.86. The monoisotopic (exact) mass is 356 g/mol. The number of carbonyl (C=O) groups excluding carboxylic acids is 2. The van der Waals surface area contributed by atoms with Crippen molar-refractivity contribution in [1.82, 2.24) is 9.80 Å². The summed E-state index contributed by atoms with van der Waals surface area (Å²) in [4.78, 5) is 26.8. The number of alkyl halides is 3. The number of hydrogen-bond acceptors (Lipinski definition) is 3. The fourth-order valence-corrected chi connectivity index (χ4v) is 3.52. The number of carbonyl (C=O) groups is 2. The van der Waals surface area contributed by atoms with Crippen LogP contribution >= 0.6 is 0 Å². The first-order chi connectivity index (χ1) is 11.7. The second-order valence-electron chi connectivity index (χ2n) is 6.60. The van der Waals surface area contributed by atoms with Crippen LogP contribution in [0.15, 0.2) is 24.3 Å². The van der Waals surface area contributed by atoms with Gasteiger partial charge in [0.25, 0.3) is 0 Å². The van der Waals surface area contributed by atoms with Crippen molar-refractivity contribution in [2.45, 2.75) is 31.7 Å². The van der Waals surface area contributed by atoms with Crippen molar-refractivity contribution < 1.29 is 27.9 Å². The van der Waals surface area contributed by atoms with Crippen molar-refractivity contribution >= 4 is 11.8 Å². The van der Waals surface area contributed by atoms with E-state index in [2.05, 4.69) is 0 Å². The molecule has 0 saturated carbocycles. The molecule has 25 heavy (non-hydrogen) atoms. The molecule has 2 saturated heterocycles. The molecular formula is C17H19F3N2O3. The molecule has 2 fully saturated rings. The number of aliphatic hydroxyl groups excluding tert-OH is 1. The van der Waals surface area contributed by atoms with Crippen molar-refractivity contribution in [1.29, 1.82) is 0 Å². The summed E-state index contributed by atoms with van der Waals surface area (Å²) in [5.41, 5.74) is -0.784. The highest BCUT2D eigenvalue weighted by Gasteiger charge is 2.45. The zero-order valence-electron chi connectivity index (χ0n) is 13.7. The summed E-state index contributed by atoms with van der Waals surface area (Å²) >= 11 is 0. The van der Waals surface area contributed by atoms with Gasteiger partial charge in [-0.1, -0.05) is 18.2 Å². The van der Waals surface area contributed by atoms with Crippen LogP contribution in [0.1, 0.15) is 30.5 Å². The van der Waals surface area contributed by atoms with Gasteiger partial charge in [0, 0.05) is 26.6 Å². The minimum absolute atomic E-state index is 0.00245. The Morgan fingerprint density at radius 1 is 1.16 bits per heavy atom. The number of likely N-dealkylation sites (tertiary alicyclic amines) is 2. The maximum atomic E-state index is 13.3. The first-order valence-electron chi connectivity index (χ1n) is 8.08. The third-order valence-electron chi connectivity index (χ3n) is 4.86. The average molecular weight is 356 g/mol. The Morgan fingerprint density at radius 2 is 1.80 bits per heavy atom. The molecule has 3 rings (SSSR count). The lowest BCUT2D eigenvalue weighted by Gasteiger charge is -2.40. The van der Waals surface area contributed by atoms with Crippen molar-refractivity contribution in [3.05, 3.63) is 35.4 Å². The Bertz CT molecular complexity index is 686. The van der Waals surface area contributed by atoms with E-state index in [0.717, 1.165) is 6.07 Å². The largest absolute Gasteiger partial charge is 0.416 e.